The average Bonchev–Trinajstić information content (AvgIpc) is 2.53. The van der Waals surface area contributed by atoms with Crippen LogP contribution < -0.4 is 10.9 Å². The lowest BCUT2D eigenvalue weighted by Crippen LogP contribution is -2.41. The average molecular weight is 266 g/mol. The van der Waals surface area contributed by atoms with Crippen molar-refractivity contribution >= 4 is 17.9 Å². The van der Waals surface area contributed by atoms with Gasteiger partial charge in [0.25, 0.3) is 11.8 Å². The zero-order valence-corrected chi connectivity index (χ0v) is 10.8. The molecule has 0 aromatic heterocycles. The van der Waals surface area contributed by atoms with Gasteiger partial charge in [-0.25, -0.2) is 0 Å². The van der Waals surface area contributed by atoms with Gasteiger partial charge >= 0.3 is 0 Å². The van der Waals surface area contributed by atoms with Crippen LogP contribution in [0.2, 0.25) is 0 Å². The lowest BCUT2D eigenvalue weighted by atomic mass is 10.1. The van der Waals surface area contributed by atoms with Gasteiger partial charge in [0.05, 0.1) is 0 Å². The quantitative estimate of drug-likeness (QED) is 0.838. The molecule has 4 heteroatoms. The Hall–Kier alpha value is -2.88. The highest BCUT2D eigenvalue weighted by Crippen LogP contribution is 2.05. The van der Waals surface area contributed by atoms with Crippen LogP contribution >= 0.6 is 0 Å². The zero-order chi connectivity index (χ0) is 14.4. The number of rotatable bonds is 3. The maximum atomic E-state index is 11.8. The van der Waals surface area contributed by atoms with Crippen molar-refractivity contribution < 1.29 is 9.59 Å². The second-order valence-electron chi connectivity index (χ2n) is 4.10. The summed E-state index contributed by atoms with van der Waals surface area (Å²) in [5.74, 6) is -0.730. The predicted molar refractivity (Wildman–Crippen MR) is 77.9 cm³/mol. The van der Waals surface area contributed by atoms with Crippen LogP contribution in [0.3, 0.4) is 0 Å². The number of hydrogen-bond acceptors (Lipinski definition) is 2. The molecule has 2 rings (SSSR count). The largest absolute Gasteiger partial charge is 0.269 e. The summed E-state index contributed by atoms with van der Waals surface area (Å²) in [5.41, 5.74) is 6.61. The van der Waals surface area contributed by atoms with Crippen LogP contribution in [0.1, 0.15) is 26.3 Å². The first-order chi connectivity index (χ1) is 9.70. The molecule has 0 bridgehead atoms. The molecule has 0 heterocycles. The van der Waals surface area contributed by atoms with Gasteiger partial charge in [0.15, 0.2) is 0 Å². The Bertz CT molecular complexity index is 619. The summed E-state index contributed by atoms with van der Waals surface area (Å²) in [5, 5.41) is 0. The first-order valence-electron chi connectivity index (χ1n) is 6.09. The molecule has 0 unspecified atom stereocenters. The summed E-state index contributed by atoms with van der Waals surface area (Å²) >= 11 is 0. The molecule has 2 N–H and O–H groups in total. The van der Waals surface area contributed by atoms with Crippen LogP contribution in [0, 0.1) is 0 Å². The molecule has 0 aliphatic heterocycles. The molecule has 0 fully saturated rings. The number of hydrazine groups is 1. The van der Waals surface area contributed by atoms with Crippen molar-refractivity contribution in [1.82, 2.24) is 10.9 Å². The topological polar surface area (TPSA) is 58.2 Å². The second kappa shape index (κ2) is 6.33. The van der Waals surface area contributed by atoms with E-state index >= 15 is 0 Å². The molecule has 0 radical (unpaired) electrons. The van der Waals surface area contributed by atoms with Crippen molar-refractivity contribution in [3.05, 3.63) is 77.9 Å². The van der Waals surface area contributed by atoms with E-state index in [-0.39, 0.29) is 11.8 Å². The van der Waals surface area contributed by atoms with Crippen molar-refractivity contribution in [2.24, 2.45) is 0 Å². The highest BCUT2D eigenvalue weighted by Gasteiger charge is 2.08. The van der Waals surface area contributed by atoms with E-state index in [0.717, 1.165) is 5.56 Å². The van der Waals surface area contributed by atoms with Crippen molar-refractivity contribution in [1.29, 1.82) is 0 Å². The highest BCUT2D eigenvalue weighted by molar-refractivity contribution is 5.99. The summed E-state index contributed by atoms with van der Waals surface area (Å²) in [6.07, 6.45) is 1.69. The van der Waals surface area contributed by atoms with E-state index in [9.17, 15) is 9.59 Å². The van der Waals surface area contributed by atoms with Gasteiger partial charge in [-0.1, -0.05) is 43.0 Å². The standard InChI is InChI=1S/C16H14N2O2/c1-2-12-8-10-14(11-9-12)16(20)18-17-15(19)13-6-4-3-5-7-13/h2-11H,1H2,(H,17,19)(H,18,20). The van der Waals surface area contributed by atoms with Gasteiger partial charge in [0, 0.05) is 11.1 Å². The Kier molecular flexibility index (Phi) is 4.29. The van der Waals surface area contributed by atoms with Gasteiger partial charge in [0.1, 0.15) is 0 Å². The molecule has 0 atom stereocenters. The molecule has 0 aliphatic rings. The third kappa shape index (κ3) is 3.32. The third-order valence-corrected chi connectivity index (χ3v) is 2.73. The lowest BCUT2D eigenvalue weighted by Gasteiger charge is -2.07. The van der Waals surface area contributed by atoms with E-state index in [0.29, 0.717) is 11.1 Å². The van der Waals surface area contributed by atoms with Crippen molar-refractivity contribution in [2.45, 2.75) is 0 Å². The molecule has 2 aromatic rings. The number of nitrogens with one attached hydrogen (secondary N) is 2. The van der Waals surface area contributed by atoms with Gasteiger partial charge in [-0.15, -0.1) is 0 Å². The number of benzene rings is 2. The Morgan fingerprint density at radius 1 is 0.800 bits per heavy atom. The van der Waals surface area contributed by atoms with E-state index < -0.39 is 0 Å². The number of hydrogen-bond donors (Lipinski definition) is 2. The number of carbonyl (C=O) groups is 2. The van der Waals surface area contributed by atoms with E-state index in [4.69, 9.17) is 0 Å². The maximum Gasteiger partial charge on any atom is 0.269 e. The fraction of sp³-hybridized carbons (Fsp3) is 0. The Labute approximate surface area is 117 Å². The minimum Gasteiger partial charge on any atom is -0.267 e. The lowest BCUT2D eigenvalue weighted by molar-refractivity contribution is 0.0846. The van der Waals surface area contributed by atoms with E-state index in [1.807, 2.05) is 6.07 Å². The first kappa shape index (κ1) is 13.5. The van der Waals surface area contributed by atoms with Crippen LogP contribution in [0.25, 0.3) is 6.08 Å². The minimum absolute atomic E-state index is 0.360. The summed E-state index contributed by atoms with van der Waals surface area (Å²) in [4.78, 5) is 23.6. The SMILES string of the molecule is C=Cc1ccc(C(=O)NNC(=O)c2ccccc2)cc1. The Morgan fingerprint density at radius 2 is 1.30 bits per heavy atom. The maximum absolute atomic E-state index is 11.8. The van der Waals surface area contributed by atoms with Crippen LogP contribution in [-0.4, -0.2) is 11.8 Å². The summed E-state index contributed by atoms with van der Waals surface area (Å²) < 4.78 is 0. The van der Waals surface area contributed by atoms with Crippen LogP contribution in [-0.2, 0) is 0 Å². The number of carbonyl (C=O) groups excluding carboxylic acids is 2. The molecule has 4 nitrogen and oxygen atoms in total. The molecule has 0 aliphatic carbocycles. The molecule has 100 valence electrons. The van der Waals surface area contributed by atoms with E-state index in [1.54, 1.807) is 54.6 Å². The van der Waals surface area contributed by atoms with Crippen molar-refractivity contribution in [3.63, 3.8) is 0 Å². The molecule has 2 aromatic carbocycles. The van der Waals surface area contributed by atoms with Crippen LogP contribution in [0.4, 0.5) is 0 Å². The number of amides is 2. The fourth-order valence-corrected chi connectivity index (χ4v) is 1.62. The highest BCUT2D eigenvalue weighted by atomic mass is 16.2. The first-order valence-corrected chi connectivity index (χ1v) is 6.09. The normalized spacial score (nSPS) is 9.60. The minimum atomic E-state index is -0.370. The van der Waals surface area contributed by atoms with Gasteiger partial charge < -0.3 is 0 Å². The summed E-state index contributed by atoms with van der Waals surface area (Å²) in [6, 6.07) is 15.6. The van der Waals surface area contributed by atoms with Crippen LogP contribution in [0.5, 0.6) is 0 Å². The molecule has 0 saturated carbocycles. The second-order valence-corrected chi connectivity index (χ2v) is 4.10. The Morgan fingerprint density at radius 3 is 1.80 bits per heavy atom. The molecular formula is C16H14N2O2. The molecule has 2 amide bonds. The summed E-state index contributed by atoms with van der Waals surface area (Å²) in [7, 11) is 0. The van der Waals surface area contributed by atoms with Gasteiger partial charge in [-0.05, 0) is 29.8 Å². The molecular weight excluding hydrogens is 252 g/mol. The molecule has 0 saturated heterocycles. The van der Waals surface area contributed by atoms with Gasteiger partial charge in [-0.2, -0.15) is 0 Å². The van der Waals surface area contributed by atoms with E-state index in [1.165, 1.54) is 0 Å². The van der Waals surface area contributed by atoms with Gasteiger partial charge in [-0.3, -0.25) is 20.4 Å². The van der Waals surface area contributed by atoms with Crippen LogP contribution in [0.15, 0.2) is 61.2 Å². The van der Waals surface area contributed by atoms with Crippen molar-refractivity contribution in [2.75, 3.05) is 0 Å². The Balaban J connectivity index is 1.95. The molecule has 0 spiro atoms. The third-order valence-electron chi connectivity index (χ3n) is 2.73. The molecule has 20 heavy (non-hydrogen) atoms. The zero-order valence-electron chi connectivity index (χ0n) is 10.8. The van der Waals surface area contributed by atoms with E-state index in [2.05, 4.69) is 17.4 Å². The smallest absolute Gasteiger partial charge is 0.267 e. The summed E-state index contributed by atoms with van der Waals surface area (Å²) in [6.45, 7) is 3.64. The van der Waals surface area contributed by atoms with Gasteiger partial charge in [0.2, 0.25) is 0 Å². The van der Waals surface area contributed by atoms with Crippen molar-refractivity contribution in [3.8, 4) is 0 Å². The monoisotopic (exact) mass is 266 g/mol. The predicted octanol–water partition coefficient (Wildman–Crippen LogP) is 2.40. The fourth-order valence-electron chi connectivity index (χ4n) is 1.62.